The van der Waals surface area contributed by atoms with Gasteiger partial charge in [0.05, 0.1) is 6.67 Å². The van der Waals surface area contributed by atoms with Crippen LogP contribution in [0, 0.1) is 11.3 Å². The normalized spacial score (nSPS) is 24.9. The van der Waals surface area contributed by atoms with E-state index in [2.05, 4.69) is 5.32 Å². The van der Waals surface area contributed by atoms with Gasteiger partial charge in [0, 0.05) is 6.54 Å². The van der Waals surface area contributed by atoms with Crippen molar-refractivity contribution in [3.05, 3.63) is 0 Å². The second-order valence-electron chi connectivity index (χ2n) is 6.57. The van der Waals surface area contributed by atoms with Crippen LogP contribution in [0.25, 0.3) is 0 Å². The summed E-state index contributed by atoms with van der Waals surface area (Å²) in [4.78, 5) is 26.3. The van der Waals surface area contributed by atoms with Crippen LogP contribution in [0.15, 0.2) is 0 Å². The Morgan fingerprint density at radius 2 is 1.89 bits per heavy atom. The van der Waals surface area contributed by atoms with Gasteiger partial charge in [0.15, 0.2) is 0 Å². The summed E-state index contributed by atoms with van der Waals surface area (Å²) in [6.45, 7) is 9.37. The van der Waals surface area contributed by atoms with Crippen LogP contribution in [0.1, 0.15) is 41.0 Å². The van der Waals surface area contributed by atoms with Gasteiger partial charge in [-0.2, -0.15) is 0 Å². The molecule has 0 saturated carbocycles. The molecule has 1 N–H and O–H groups in total. The highest BCUT2D eigenvalue weighted by Crippen LogP contribution is 2.27. The van der Waals surface area contributed by atoms with Crippen LogP contribution in [0.2, 0.25) is 0 Å². The summed E-state index contributed by atoms with van der Waals surface area (Å²) in [5, 5.41) is 2.82. The van der Waals surface area contributed by atoms with E-state index < -0.39 is 18.8 Å². The average molecular weight is 272 g/mol. The summed E-state index contributed by atoms with van der Waals surface area (Å²) in [6, 6.07) is -1.02. The molecule has 0 aliphatic carbocycles. The van der Waals surface area contributed by atoms with E-state index in [1.807, 2.05) is 34.6 Å². The maximum Gasteiger partial charge on any atom is 0.246 e. The molecule has 2 unspecified atom stereocenters. The Balaban J connectivity index is 3.01. The molecular weight excluding hydrogens is 247 g/mol. The Morgan fingerprint density at radius 3 is 2.32 bits per heavy atom. The van der Waals surface area contributed by atoms with Crippen LogP contribution in [0.5, 0.6) is 0 Å². The topological polar surface area (TPSA) is 49.4 Å². The molecule has 19 heavy (non-hydrogen) atoms. The number of alkyl halides is 1. The molecule has 1 aliphatic heterocycles. The van der Waals surface area contributed by atoms with Crippen molar-refractivity contribution >= 4 is 11.8 Å². The minimum Gasteiger partial charge on any atom is -0.342 e. The molecule has 0 aromatic rings. The number of rotatable bonds is 4. The summed E-state index contributed by atoms with van der Waals surface area (Å²) in [7, 11) is 0. The second kappa shape index (κ2) is 5.88. The zero-order valence-corrected chi connectivity index (χ0v) is 12.5. The van der Waals surface area contributed by atoms with E-state index in [1.165, 1.54) is 0 Å². The van der Waals surface area contributed by atoms with Crippen molar-refractivity contribution < 1.29 is 14.0 Å². The Kier molecular flexibility index (Phi) is 4.93. The molecule has 0 radical (unpaired) electrons. The van der Waals surface area contributed by atoms with E-state index in [-0.39, 0.29) is 29.6 Å². The third-order valence-corrected chi connectivity index (χ3v) is 3.45. The van der Waals surface area contributed by atoms with Crippen molar-refractivity contribution in [1.29, 1.82) is 0 Å². The highest BCUT2D eigenvalue weighted by atomic mass is 19.1. The quantitative estimate of drug-likeness (QED) is 0.847. The molecule has 0 aromatic heterocycles. The van der Waals surface area contributed by atoms with Gasteiger partial charge in [-0.25, -0.2) is 0 Å². The summed E-state index contributed by atoms with van der Waals surface area (Å²) < 4.78 is 12.4. The van der Waals surface area contributed by atoms with Crippen molar-refractivity contribution in [2.45, 2.75) is 53.1 Å². The molecule has 4 nitrogen and oxygen atoms in total. The highest BCUT2D eigenvalue weighted by molar-refractivity contribution is 5.97. The molecule has 1 rings (SSSR count). The number of piperazine rings is 1. The van der Waals surface area contributed by atoms with Crippen LogP contribution in [0.4, 0.5) is 4.39 Å². The summed E-state index contributed by atoms with van der Waals surface area (Å²) in [5.41, 5.74) is -0.345. The van der Waals surface area contributed by atoms with E-state index >= 15 is 0 Å². The number of carbonyl (C=O) groups excluding carboxylic acids is 2. The highest BCUT2D eigenvalue weighted by Gasteiger charge is 2.45. The molecule has 0 aromatic carbocycles. The lowest BCUT2D eigenvalue weighted by atomic mass is 9.82. The van der Waals surface area contributed by atoms with Crippen LogP contribution < -0.4 is 5.32 Å². The number of nitrogens with one attached hydrogen (secondary N) is 1. The molecule has 2 atom stereocenters. The molecule has 5 heteroatoms. The maximum atomic E-state index is 12.5. The summed E-state index contributed by atoms with van der Waals surface area (Å²) >= 11 is 0. The van der Waals surface area contributed by atoms with Crippen LogP contribution in [-0.2, 0) is 9.59 Å². The van der Waals surface area contributed by atoms with Crippen molar-refractivity contribution in [2.75, 3.05) is 13.2 Å². The molecule has 0 spiro atoms. The number of amides is 2. The lowest BCUT2D eigenvalue weighted by molar-refractivity contribution is -0.154. The van der Waals surface area contributed by atoms with Gasteiger partial charge in [0.1, 0.15) is 12.1 Å². The molecule has 1 heterocycles. The Labute approximate surface area is 114 Å². The van der Waals surface area contributed by atoms with Crippen LogP contribution in [-0.4, -0.2) is 42.0 Å². The number of hydrogen-bond donors (Lipinski definition) is 1. The lowest BCUT2D eigenvalue weighted by Crippen LogP contribution is -2.67. The van der Waals surface area contributed by atoms with Crippen molar-refractivity contribution in [1.82, 2.24) is 10.2 Å². The molecule has 2 amide bonds. The average Bonchev–Trinajstić information content (AvgIpc) is 2.27. The van der Waals surface area contributed by atoms with Gasteiger partial charge in [0.2, 0.25) is 11.8 Å². The molecule has 110 valence electrons. The molecular formula is C14H25FN2O2. The monoisotopic (exact) mass is 272 g/mol. The van der Waals surface area contributed by atoms with E-state index in [0.29, 0.717) is 6.54 Å². The predicted octanol–water partition coefficient (Wildman–Crippen LogP) is 1.74. The first-order valence-corrected chi connectivity index (χ1v) is 6.87. The zero-order valence-electron chi connectivity index (χ0n) is 12.5. The summed E-state index contributed by atoms with van der Waals surface area (Å²) in [6.07, 6.45) is 0.277. The standard InChI is InChI=1S/C14H25FN2O2/c1-9(2)10-12(18)16-11(14(3,4)5)13(19)17(10)8-6-7-15/h9-11H,6-8H2,1-5H3,(H,16,18). The van der Waals surface area contributed by atoms with Gasteiger partial charge < -0.3 is 10.2 Å². The number of hydrogen-bond acceptors (Lipinski definition) is 2. The first kappa shape index (κ1) is 15.9. The first-order valence-electron chi connectivity index (χ1n) is 6.87. The number of carbonyl (C=O) groups is 2. The van der Waals surface area contributed by atoms with E-state index in [1.54, 1.807) is 4.90 Å². The van der Waals surface area contributed by atoms with Gasteiger partial charge in [-0.3, -0.25) is 14.0 Å². The number of nitrogens with zero attached hydrogens (tertiary/aromatic N) is 1. The minimum absolute atomic E-state index is 0.0180. The van der Waals surface area contributed by atoms with Gasteiger partial charge in [-0.05, 0) is 17.8 Å². The fraction of sp³-hybridized carbons (Fsp3) is 0.857. The fourth-order valence-corrected chi connectivity index (χ4v) is 2.46. The minimum atomic E-state index is -0.533. The Bertz CT molecular complexity index is 350. The zero-order chi connectivity index (χ0) is 14.8. The first-order chi connectivity index (χ1) is 8.70. The van der Waals surface area contributed by atoms with Crippen molar-refractivity contribution in [3.63, 3.8) is 0 Å². The smallest absolute Gasteiger partial charge is 0.246 e. The molecule has 1 fully saturated rings. The second-order valence-corrected chi connectivity index (χ2v) is 6.57. The van der Waals surface area contributed by atoms with Crippen molar-refractivity contribution in [3.8, 4) is 0 Å². The van der Waals surface area contributed by atoms with Crippen molar-refractivity contribution in [2.24, 2.45) is 11.3 Å². The van der Waals surface area contributed by atoms with Gasteiger partial charge >= 0.3 is 0 Å². The molecule has 1 saturated heterocycles. The Hall–Kier alpha value is -1.13. The van der Waals surface area contributed by atoms with Gasteiger partial charge in [-0.15, -0.1) is 0 Å². The molecule has 1 aliphatic rings. The van der Waals surface area contributed by atoms with Gasteiger partial charge in [0.25, 0.3) is 0 Å². The van der Waals surface area contributed by atoms with Crippen LogP contribution >= 0.6 is 0 Å². The van der Waals surface area contributed by atoms with E-state index in [9.17, 15) is 14.0 Å². The largest absolute Gasteiger partial charge is 0.342 e. The van der Waals surface area contributed by atoms with E-state index in [4.69, 9.17) is 0 Å². The maximum absolute atomic E-state index is 12.5. The Morgan fingerprint density at radius 1 is 1.32 bits per heavy atom. The van der Waals surface area contributed by atoms with Crippen LogP contribution in [0.3, 0.4) is 0 Å². The molecule has 0 bridgehead atoms. The third kappa shape index (κ3) is 3.45. The number of halogens is 1. The van der Waals surface area contributed by atoms with E-state index in [0.717, 1.165) is 0 Å². The summed E-state index contributed by atoms with van der Waals surface area (Å²) in [5.74, 6) is -0.211. The lowest BCUT2D eigenvalue weighted by Gasteiger charge is -2.44. The SMILES string of the molecule is CC(C)C1C(=O)NC(C(C)(C)C)C(=O)N1CCCF. The predicted molar refractivity (Wildman–Crippen MR) is 72.3 cm³/mol. The fourth-order valence-electron chi connectivity index (χ4n) is 2.46. The third-order valence-electron chi connectivity index (χ3n) is 3.45. The van der Waals surface area contributed by atoms with Gasteiger partial charge in [-0.1, -0.05) is 34.6 Å².